The van der Waals surface area contributed by atoms with E-state index in [4.69, 9.17) is 9.47 Å². The minimum atomic E-state index is 0.0435. The smallest absolute Gasteiger partial charge is 0.231 e. The molecule has 6 heteroatoms. The summed E-state index contributed by atoms with van der Waals surface area (Å²) in [4.78, 5) is 16.0. The SMILES string of the molecule is O=C(Nc1cc(Nc2cccc3c2OCO3)ccn1)C1CC1. The van der Waals surface area contributed by atoms with E-state index in [9.17, 15) is 4.79 Å². The fourth-order valence-corrected chi connectivity index (χ4v) is 2.33. The van der Waals surface area contributed by atoms with Gasteiger partial charge in [0, 0.05) is 23.9 Å². The lowest BCUT2D eigenvalue weighted by Gasteiger charge is -2.10. The average Bonchev–Trinajstić information content (AvgIpc) is 3.26. The van der Waals surface area contributed by atoms with Crippen LogP contribution in [-0.4, -0.2) is 17.7 Å². The molecule has 0 radical (unpaired) electrons. The third-order valence-electron chi connectivity index (χ3n) is 3.63. The number of amides is 1. The number of hydrogen-bond acceptors (Lipinski definition) is 5. The van der Waals surface area contributed by atoms with Gasteiger partial charge in [-0.2, -0.15) is 0 Å². The van der Waals surface area contributed by atoms with Gasteiger partial charge in [-0.05, 0) is 31.0 Å². The van der Waals surface area contributed by atoms with Gasteiger partial charge < -0.3 is 20.1 Å². The van der Waals surface area contributed by atoms with Crippen molar-refractivity contribution in [2.45, 2.75) is 12.8 Å². The van der Waals surface area contributed by atoms with E-state index in [2.05, 4.69) is 15.6 Å². The van der Waals surface area contributed by atoms with Crippen molar-refractivity contribution in [1.29, 1.82) is 0 Å². The monoisotopic (exact) mass is 297 g/mol. The van der Waals surface area contributed by atoms with E-state index in [0.29, 0.717) is 11.6 Å². The summed E-state index contributed by atoms with van der Waals surface area (Å²) in [6.45, 7) is 0.229. The van der Waals surface area contributed by atoms with Crippen molar-refractivity contribution in [2.24, 2.45) is 5.92 Å². The highest BCUT2D eigenvalue weighted by atomic mass is 16.7. The van der Waals surface area contributed by atoms with Crippen LogP contribution in [0.2, 0.25) is 0 Å². The number of rotatable bonds is 4. The number of carbonyl (C=O) groups is 1. The van der Waals surface area contributed by atoms with Crippen LogP contribution in [0.4, 0.5) is 17.2 Å². The van der Waals surface area contributed by atoms with Gasteiger partial charge in [0.15, 0.2) is 11.5 Å². The lowest BCUT2D eigenvalue weighted by atomic mass is 10.2. The number of nitrogens with one attached hydrogen (secondary N) is 2. The Morgan fingerprint density at radius 1 is 1.23 bits per heavy atom. The van der Waals surface area contributed by atoms with Crippen LogP contribution in [0.1, 0.15) is 12.8 Å². The summed E-state index contributed by atoms with van der Waals surface area (Å²) >= 11 is 0. The van der Waals surface area contributed by atoms with Crippen LogP contribution in [0.15, 0.2) is 36.5 Å². The minimum Gasteiger partial charge on any atom is -0.454 e. The molecule has 2 aromatic rings. The molecular formula is C16H15N3O3. The highest BCUT2D eigenvalue weighted by Crippen LogP contribution is 2.40. The topological polar surface area (TPSA) is 72.5 Å². The Bertz CT molecular complexity index is 728. The molecule has 2 heterocycles. The molecule has 1 aromatic carbocycles. The summed E-state index contributed by atoms with van der Waals surface area (Å²) in [5.41, 5.74) is 1.64. The van der Waals surface area contributed by atoms with Crippen LogP contribution in [0.5, 0.6) is 11.5 Å². The zero-order chi connectivity index (χ0) is 14.9. The van der Waals surface area contributed by atoms with Crippen LogP contribution in [0.3, 0.4) is 0 Å². The van der Waals surface area contributed by atoms with Crippen molar-refractivity contribution in [3.05, 3.63) is 36.5 Å². The molecule has 22 heavy (non-hydrogen) atoms. The lowest BCUT2D eigenvalue weighted by Crippen LogP contribution is -2.14. The molecule has 112 valence electrons. The van der Waals surface area contributed by atoms with Crippen molar-refractivity contribution < 1.29 is 14.3 Å². The molecule has 0 bridgehead atoms. The largest absolute Gasteiger partial charge is 0.454 e. The number of aromatic nitrogens is 1. The molecule has 1 aromatic heterocycles. The summed E-state index contributed by atoms with van der Waals surface area (Å²) < 4.78 is 10.8. The Morgan fingerprint density at radius 3 is 3.00 bits per heavy atom. The Kier molecular flexibility index (Phi) is 3.07. The zero-order valence-electron chi connectivity index (χ0n) is 11.8. The van der Waals surface area contributed by atoms with Gasteiger partial charge in [-0.1, -0.05) is 6.07 Å². The molecule has 0 saturated heterocycles. The Balaban J connectivity index is 1.53. The van der Waals surface area contributed by atoms with Gasteiger partial charge in [-0.3, -0.25) is 4.79 Å². The Morgan fingerprint density at radius 2 is 2.14 bits per heavy atom. The molecule has 1 fully saturated rings. The van der Waals surface area contributed by atoms with E-state index in [1.165, 1.54) is 0 Å². The van der Waals surface area contributed by atoms with Gasteiger partial charge in [0.05, 0.1) is 5.69 Å². The molecule has 2 aliphatic rings. The molecule has 1 saturated carbocycles. The molecule has 0 atom stereocenters. The van der Waals surface area contributed by atoms with E-state index < -0.39 is 0 Å². The summed E-state index contributed by atoms with van der Waals surface area (Å²) in [5.74, 6) is 2.17. The van der Waals surface area contributed by atoms with Crippen LogP contribution in [0, 0.1) is 5.92 Å². The number of para-hydroxylation sites is 1. The maximum atomic E-state index is 11.8. The first kappa shape index (κ1) is 12.9. The fraction of sp³-hybridized carbons (Fsp3) is 0.250. The highest BCUT2D eigenvalue weighted by Gasteiger charge is 2.29. The average molecular weight is 297 g/mol. The minimum absolute atomic E-state index is 0.0435. The molecular weight excluding hydrogens is 282 g/mol. The number of fused-ring (bicyclic) bond motifs is 1. The van der Waals surface area contributed by atoms with Crippen molar-refractivity contribution in [3.63, 3.8) is 0 Å². The number of carbonyl (C=O) groups excluding carboxylic acids is 1. The summed E-state index contributed by atoms with van der Waals surface area (Å²) in [5, 5.41) is 6.10. The summed E-state index contributed by atoms with van der Waals surface area (Å²) in [6.07, 6.45) is 3.60. The highest BCUT2D eigenvalue weighted by molar-refractivity contribution is 5.93. The molecule has 1 amide bonds. The van der Waals surface area contributed by atoms with Crippen LogP contribution < -0.4 is 20.1 Å². The van der Waals surface area contributed by atoms with Crippen molar-refractivity contribution >= 4 is 23.1 Å². The van der Waals surface area contributed by atoms with Gasteiger partial charge in [0.2, 0.25) is 12.7 Å². The maximum absolute atomic E-state index is 11.8. The van der Waals surface area contributed by atoms with Crippen LogP contribution in [-0.2, 0) is 4.79 Å². The first-order valence-electron chi connectivity index (χ1n) is 7.22. The zero-order valence-corrected chi connectivity index (χ0v) is 11.8. The quantitative estimate of drug-likeness (QED) is 0.908. The second-order valence-electron chi connectivity index (χ2n) is 5.36. The normalized spacial score (nSPS) is 15.5. The third-order valence-corrected chi connectivity index (χ3v) is 3.63. The van der Waals surface area contributed by atoms with Crippen LogP contribution in [0.25, 0.3) is 0 Å². The molecule has 1 aliphatic carbocycles. The second-order valence-corrected chi connectivity index (χ2v) is 5.36. The Hall–Kier alpha value is -2.76. The van der Waals surface area contributed by atoms with E-state index >= 15 is 0 Å². The number of benzene rings is 1. The van der Waals surface area contributed by atoms with Gasteiger partial charge in [-0.15, -0.1) is 0 Å². The number of ether oxygens (including phenoxy) is 2. The molecule has 4 rings (SSSR count). The lowest BCUT2D eigenvalue weighted by molar-refractivity contribution is -0.117. The molecule has 2 N–H and O–H groups in total. The number of hydrogen-bond donors (Lipinski definition) is 2. The predicted molar refractivity (Wildman–Crippen MR) is 81.4 cm³/mol. The number of pyridine rings is 1. The van der Waals surface area contributed by atoms with E-state index in [1.54, 1.807) is 12.3 Å². The standard InChI is InChI=1S/C16H15N3O3/c20-16(10-4-5-10)19-14-8-11(6-7-17-14)18-12-2-1-3-13-15(12)22-9-21-13/h1-3,6-8,10H,4-5,9H2,(H2,17,18,19,20). The maximum Gasteiger partial charge on any atom is 0.231 e. The first-order chi connectivity index (χ1) is 10.8. The summed E-state index contributed by atoms with van der Waals surface area (Å²) in [6, 6.07) is 9.31. The van der Waals surface area contributed by atoms with Gasteiger partial charge in [-0.25, -0.2) is 4.98 Å². The molecule has 6 nitrogen and oxygen atoms in total. The van der Waals surface area contributed by atoms with Crippen molar-refractivity contribution in [1.82, 2.24) is 4.98 Å². The number of anilines is 3. The van der Waals surface area contributed by atoms with Gasteiger partial charge in [0.1, 0.15) is 5.82 Å². The predicted octanol–water partition coefficient (Wildman–Crippen LogP) is 2.90. The fourth-order valence-electron chi connectivity index (χ4n) is 2.33. The van der Waals surface area contributed by atoms with Crippen molar-refractivity contribution in [2.75, 3.05) is 17.4 Å². The molecule has 0 unspecified atom stereocenters. The molecule has 0 spiro atoms. The van der Waals surface area contributed by atoms with E-state index in [-0.39, 0.29) is 18.6 Å². The van der Waals surface area contributed by atoms with Crippen molar-refractivity contribution in [3.8, 4) is 11.5 Å². The van der Waals surface area contributed by atoms with Crippen LogP contribution >= 0.6 is 0 Å². The Labute approximate surface area is 127 Å². The first-order valence-corrected chi connectivity index (χ1v) is 7.22. The third kappa shape index (κ3) is 2.55. The second kappa shape index (κ2) is 5.22. The molecule has 1 aliphatic heterocycles. The van der Waals surface area contributed by atoms with E-state index in [0.717, 1.165) is 30.0 Å². The van der Waals surface area contributed by atoms with Gasteiger partial charge in [0.25, 0.3) is 0 Å². The van der Waals surface area contributed by atoms with Gasteiger partial charge >= 0.3 is 0 Å². The number of nitrogens with zero attached hydrogens (tertiary/aromatic N) is 1. The van der Waals surface area contributed by atoms with E-state index in [1.807, 2.05) is 24.3 Å². The summed E-state index contributed by atoms with van der Waals surface area (Å²) in [7, 11) is 0.